The van der Waals surface area contributed by atoms with Crippen LogP contribution >= 0.6 is 0 Å². The molecule has 0 saturated heterocycles. The van der Waals surface area contributed by atoms with Crippen molar-refractivity contribution < 1.29 is 0 Å². The second-order valence-corrected chi connectivity index (χ2v) is 7.31. The highest BCUT2D eigenvalue weighted by atomic mass is 15.2. The van der Waals surface area contributed by atoms with E-state index < -0.39 is 0 Å². The first kappa shape index (κ1) is 16.1. The van der Waals surface area contributed by atoms with Crippen molar-refractivity contribution in [3.05, 3.63) is 11.4 Å². The van der Waals surface area contributed by atoms with Crippen molar-refractivity contribution in [3.63, 3.8) is 0 Å². The van der Waals surface area contributed by atoms with Gasteiger partial charge in [-0.1, -0.05) is 20.8 Å². The normalized spacial score (nSPS) is 16.7. The van der Waals surface area contributed by atoms with Crippen LogP contribution in [0.4, 0.5) is 11.6 Å². The van der Waals surface area contributed by atoms with Gasteiger partial charge in [0.05, 0.1) is 0 Å². The monoisotopic (exact) mass is 290 g/mol. The largest absolute Gasteiger partial charge is 0.370 e. The predicted octanol–water partition coefficient (Wildman–Crippen LogP) is 3.75. The zero-order valence-corrected chi connectivity index (χ0v) is 14.6. The average molecular weight is 290 g/mol. The smallest absolute Gasteiger partial charge is 0.138 e. The van der Waals surface area contributed by atoms with Crippen LogP contribution in [0.1, 0.15) is 58.8 Å². The van der Waals surface area contributed by atoms with Crippen molar-refractivity contribution in [2.75, 3.05) is 23.8 Å². The molecule has 1 heterocycles. The molecular formula is C17H30N4. The molecule has 1 saturated carbocycles. The Bertz CT molecular complexity index is 500. The molecule has 1 unspecified atom stereocenters. The first-order valence-electron chi connectivity index (χ1n) is 8.11. The summed E-state index contributed by atoms with van der Waals surface area (Å²) in [5.74, 6) is 3.78. The van der Waals surface area contributed by atoms with Crippen LogP contribution in [0.25, 0.3) is 0 Å². The summed E-state index contributed by atoms with van der Waals surface area (Å²) in [6, 6.07) is 0.542. The Morgan fingerprint density at radius 1 is 1.29 bits per heavy atom. The lowest BCUT2D eigenvalue weighted by Gasteiger charge is -2.30. The minimum Gasteiger partial charge on any atom is -0.370 e. The third kappa shape index (κ3) is 3.47. The molecule has 0 spiro atoms. The van der Waals surface area contributed by atoms with Gasteiger partial charge in [-0.05, 0) is 39.5 Å². The van der Waals surface area contributed by atoms with E-state index in [1.165, 1.54) is 12.8 Å². The highest BCUT2D eigenvalue weighted by molar-refractivity contribution is 5.59. The number of nitrogens with zero attached hydrogens (tertiary/aromatic N) is 3. The average Bonchev–Trinajstić information content (AvgIpc) is 3.22. The number of hydrogen-bond acceptors (Lipinski definition) is 4. The second kappa shape index (κ2) is 5.82. The fourth-order valence-electron chi connectivity index (χ4n) is 2.61. The number of anilines is 2. The quantitative estimate of drug-likeness (QED) is 0.896. The minimum atomic E-state index is -0.0454. The summed E-state index contributed by atoms with van der Waals surface area (Å²) in [4.78, 5) is 12.0. The van der Waals surface area contributed by atoms with Gasteiger partial charge in [0.2, 0.25) is 0 Å². The molecule has 0 aliphatic heterocycles. The summed E-state index contributed by atoms with van der Waals surface area (Å²) in [5.41, 5.74) is 1.11. The van der Waals surface area contributed by atoms with Crippen LogP contribution in [0.5, 0.6) is 0 Å². The maximum absolute atomic E-state index is 4.89. The van der Waals surface area contributed by atoms with Crippen LogP contribution in [0.15, 0.2) is 0 Å². The van der Waals surface area contributed by atoms with E-state index in [2.05, 4.69) is 58.8 Å². The molecule has 21 heavy (non-hydrogen) atoms. The Morgan fingerprint density at radius 2 is 1.90 bits per heavy atom. The van der Waals surface area contributed by atoms with E-state index >= 15 is 0 Å². The predicted molar refractivity (Wildman–Crippen MR) is 90.2 cm³/mol. The molecule has 1 fully saturated rings. The van der Waals surface area contributed by atoms with Gasteiger partial charge >= 0.3 is 0 Å². The Labute approximate surface area is 129 Å². The Balaban J connectivity index is 2.44. The maximum atomic E-state index is 4.89. The Kier molecular flexibility index (Phi) is 4.45. The van der Waals surface area contributed by atoms with E-state index in [9.17, 15) is 0 Å². The van der Waals surface area contributed by atoms with Crippen LogP contribution in [0.2, 0.25) is 0 Å². The van der Waals surface area contributed by atoms with Gasteiger partial charge in [0.1, 0.15) is 17.5 Å². The van der Waals surface area contributed by atoms with Gasteiger partial charge in [0.25, 0.3) is 0 Å². The van der Waals surface area contributed by atoms with E-state index in [4.69, 9.17) is 9.97 Å². The molecule has 118 valence electrons. The van der Waals surface area contributed by atoms with Gasteiger partial charge in [-0.15, -0.1) is 0 Å². The molecule has 0 aromatic carbocycles. The maximum Gasteiger partial charge on any atom is 0.138 e. The first-order valence-corrected chi connectivity index (χ1v) is 8.11. The Hall–Kier alpha value is -1.32. The van der Waals surface area contributed by atoms with Crippen LogP contribution in [0, 0.1) is 12.8 Å². The van der Waals surface area contributed by atoms with Gasteiger partial charge < -0.3 is 10.2 Å². The summed E-state index contributed by atoms with van der Waals surface area (Å²) < 4.78 is 0. The van der Waals surface area contributed by atoms with Gasteiger partial charge in [0.15, 0.2) is 0 Å². The lowest BCUT2D eigenvalue weighted by Crippen LogP contribution is -2.33. The molecule has 0 radical (unpaired) electrons. The lowest BCUT2D eigenvalue weighted by molar-refractivity contribution is 0.539. The lowest BCUT2D eigenvalue weighted by atomic mass is 9.95. The zero-order chi connectivity index (χ0) is 15.8. The van der Waals surface area contributed by atoms with Gasteiger partial charge in [-0.25, -0.2) is 9.97 Å². The van der Waals surface area contributed by atoms with Gasteiger partial charge in [-0.2, -0.15) is 0 Å². The molecule has 0 amide bonds. The minimum absolute atomic E-state index is 0.0454. The fourth-order valence-corrected chi connectivity index (χ4v) is 2.61. The van der Waals surface area contributed by atoms with Crippen molar-refractivity contribution in [3.8, 4) is 0 Å². The van der Waals surface area contributed by atoms with Crippen molar-refractivity contribution >= 4 is 11.6 Å². The van der Waals surface area contributed by atoms with Crippen molar-refractivity contribution in [2.24, 2.45) is 5.92 Å². The molecule has 1 atom stereocenters. The van der Waals surface area contributed by atoms with E-state index in [0.29, 0.717) is 6.04 Å². The highest BCUT2D eigenvalue weighted by Crippen LogP contribution is 2.37. The van der Waals surface area contributed by atoms with Crippen molar-refractivity contribution in [1.29, 1.82) is 0 Å². The summed E-state index contributed by atoms with van der Waals surface area (Å²) >= 11 is 0. The standard InChI is InChI=1S/C17H30N4/c1-8-18-14-11(2)15(20-16(19-14)17(4,5)6)21(7)12(3)13-9-10-13/h12-13H,8-10H2,1-7H3,(H,18,19,20). The second-order valence-electron chi connectivity index (χ2n) is 7.31. The van der Waals surface area contributed by atoms with Crippen molar-refractivity contribution in [1.82, 2.24) is 9.97 Å². The number of nitrogens with one attached hydrogen (secondary N) is 1. The van der Waals surface area contributed by atoms with E-state index in [-0.39, 0.29) is 5.41 Å². The van der Waals surface area contributed by atoms with E-state index in [0.717, 1.165) is 35.5 Å². The molecule has 2 rings (SSSR count). The molecule has 4 heteroatoms. The van der Waals surface area contributed by atoms with Gasteiger partial charge in [-0.3, -0.25) is 0 Å². The molecule has 1 aromatic rings. The number of hydrogen-bond donors (Lipinski definition) is 1. The van der Waals surface area contributed by atoms with E-state index in [1.807, 2.05) is 0 Å². The van der Waals surface area contributed by atoms with Crippen LogP contribution in [-0.2, 0) is 5.41 Å². The number of rotatable bonds is 5. The topological polar surface area (TPSA) is 41.1 Å². The molecule has 1 aliphatic rings. The van der Waals surface area contributed by atoms with Crippen LogP contribution in [0.3, 0.4) is 0 Å². The van der Waals surface area contributed by atoms with Crippen LogP contribution in [-0.4, -0.2) is 29.6 Å². The van der Waals surface area contributed by atoms with Crippen LogP contribution < -0.4 is 10.2 Å². The molecule has 0 bridgehead atoms. The Morgan fingerprint density at radius 3 is 2.38 bits per heavy atom. The zero-order valence-electron chi connectivity index (χ0n) is 14.6. The highest BCUT2D eigenvalue weighted by Gasteiger charge is 2.32. The molecule has 1 aromatic heterocycles. The summed E-state index contributed by atoms with van der Waals surface area (Å²) in [7, 11) is 2.17. The molecule has 4 nitrogen and oxygen atoms in total. The molecule has 1 aliphatic carbocycles. The van der Waals surface area contributed by atoms with Gasteiger partial charge in [0, 0.05) is 30.6 Å². The molecule has 1 N–H and O–H groups in total. The third-order valence-corrected chi connectivity index (χ3v) is 4.38. The van der Waals surface area contributed by atoms with Crippen molar-refractivity contribution in [2.45, 2.75) is 65.8 Å². The number of aromatic nitrogens is 2. The summed E-state index contributed by atoms with van der Waals surface area (Å²) in [6.45, 7) is 13.9. The third-order valence-electron chi connectivity index (χ3n) is 4.38. The summed E-state index contributed by atoms with van der Waals surface area (Å²) in [6.07, 6.45) is 2.70. The van der Waals surface area contributed by atoms with E-state index in [1.54, 1.807) is 0 Å². The molecular weight excluding hydrogens is 260 g/mol. The SMILES string of the molecule is CCNc1nc(C(C)(C)C)nc(N(C)C(C)C2CC2)c1C. The summed E-state index contributed by atoms with van der Waals surface area (Å²) in [5, 5.41) is 3.39. The fraction of sp³-hybridized carbons (Fsp3) is 0.765. The first-order chi connectivity index (χ1) is 9.75.